The molecule has 1 fully saturated rings. The first kappa shape index (κ1) is 13.9. The molecule has 1 aromatic rings. The van der Waals surface area contributed by atoms with Gasteiger partial charge < -0.3 is 15.4 Å². The van der Waals surface area contributed by atoms with Gasteiger partial charge in [-0.3, -0.25) is 4.79 Å². The maximum atomic E-state index is 11.9. The third kappa shape index (κ3) is 4.24. The second-order valence-corrected chi connectivity index (χ2v) is 5.18. The standard InChI is InChI=1S/C15H22N2O2/c1-11-5-7-13(8-6-11)19-10-12(2)17-15(18)14-4-3-9-16-14/h5-8,12,14,16H,3-4,9-10H2,1-2H3,(H,17,18)/t12?,14-/m1/s1. The lowest BCUT2D eigenvalue weighted by molar-refractivity contribution is -0.123. The molecule has 0 bridgehead atoms. The normalized spacial score (nSPS) is 20.0. The van der Waals surface area contributed by atoms with Crippen molar-refractivity contribution in [1.82, 2.24) is 10.6 Å². The molecule has 1 heterocycles. The molecule has 0 spiro atoms. The summed E-state index contributed by atoms with van der Waals surface area (Å²) in [5, 5.41) is 6.17. The van der Waals surface area contributed by atoms with Crippen LogP contribution in [-0.4, -0.2) is 31.1 Å². The Morgan fingerprint density at radius 1 is 1.47 bits per heavy atom. The third-order valence-corrected chi connectivity index (χ3v) is 3.29. The summed E-state index contributed by atoms with van der Waals surface area (Å²) in [7, 11) is 0. The number of amides is 1. The summed E-state index contributed by atoms with van der Waals surface area (Å²) in [4.78, 5) is 11.9. The Morgan fingerprint density at radius 3 is 2.84 bits per heavy atom. The van der Waals surface area contributed by atoms with Crippen LogP contribution in [0.3, 0.4) is 0 Å². The zero-order valence-corrected chi connectivity index (χ0v) is 11.6. The molecule has 1 unspecified atom stereocenters. The van der Waals surface area contributed by atoms with E-state index in [1.54, 1.807) is 0 Å². The first-order chi connectivity index (χ1) is 9.15. The van der Waals surface area contributed by atoms with Crippen molar-refractivity contribution in [3.8, 4) is 5.75 Å². The van der Waals surface area contributed by atoms with Crippen molar-refractivity contribution in [3.63, 3.8) is 0 Å². The Hall–Kier alpha value is -1.55. The molecule has 104 valence electrons. The smallest absolute Gasteiger partial charge is 0.237 e. The van der Waals surface area contributed by atoms with Crippen LogP contribution in [0.15, 0.2) is 24.3 Å². The van der Waals surface area contributed by atoms with E-state index in [1.807, 2.05) is 38.1 Å². The molecule has 1 aliphatic heterocycles. The average molecular weight is 262 g/mol. The van der Waals surface area contributed by atoms with Crippen LogP contribution in [0.5, 0.6) is 5.75 Å². The minimum atomic E-state index is -0.0261. The van der Waals surface area contributed by atoms with Crippen LogP contribution in [0.25, 0.3) is 0 Å². The van der Waals surface area contributed by atoms with Crippen LogP contribution in [0.1, 0.15) is 25.3 Å². The maximum absolute atomic E-state index is 11.9. The van der Waals surface area contributed by atoms with E-state index in [1.165, 1.54) is 5.56 Å². The Bertz CT molecular complexity index is 411. The van der Waals surface area contributed by atoms with Crippen LogP contribution in [0.4, 0.5) is 0 Å². The van der Waals surface area contributed by atoms with Gasteiger partial charge in [0.1, 0.15) is 12.4 Å². The monoisotopic (exact) mass is 262 g/mol. The molecular formula is C15H22N2O2. The average Bonchev–Trinajstić information content (AvgIpc) is 2.92. The lowest BCUT2D eigenvalue weighted by atomic mass is 10.2. The van der Waals surface area contributed by atoms with Crippen LogP contribution in [0.2, 0.25) is 0 Å². The van der Waals surface area contributed by atoms with E-state index >= 15 is 0 Å². The fourth-order valence-electron chi connectivity index (χ4n) is 2.15. The Balaban J connectivity index is 1.73. The highest BCUT2D eigenvalue weighted by Crippen LogP contribution is 2.11. The molecule has 0 saturated carbocycles. The van der Waals surface area contributed by atoms with E-state index in [0.29, 0.717) is 6.61 Å². The zero-order valence-electron chi connectivity index (χ0n) is 11.6. The molecule has 1 amide bonds. The van der Waals surface area contributed by atoms with Gasteiger partial charge in [-0.25, -0.2) is 0 Å². The summed E-state index contributed by atoms with van der Waals surface area (Å²) in [5.74, 6) is 0.920. The number of aryl methyl sites for hydroxylation is 1. The number of carbonyl (C=O) groups excluding carboxylic acids is 1. The predicted octanol–water partition coefficient (Wildman–Crippen LogP) is 1.63. The van der Waals surface area contributed by atoms with Crippen molar-refractivity contribution < 1.29 is 9.53 Å². The van der Waals surface area contributed by atoms with Gasteiger partial charge in [-0.2, -0.15) is 0 Å². The van der Waals surface area contributed by atoms with Crippen molar-refractivity contribution in [3.05, 3.63) is 29.8 Å². The van der Waals surface area contributed by atoms with Gasteiger partial charge in [0.25, 0.3) is 0 Å². The summed E-state index contributed by atoms with van der Waals surface area (Å²) in [6.45, 7) is 5.43. The predicted molar refractivity (Wildman–Crippen MR) is 75.3 cm³/mol. The second kappa shape index (κ2) is 6.57. The first-order valence-corrected chi connectivity index (χ1v) is 6.88. The van der Waals surface area contributed by atoms with Crippen molar-refractivity contribution >= 4 is 5.91 Å². The lowest BCUT2D eigenvalue weighted by Crippen LogP contribution is -2.46. The lowest BCUT2D eigenvalue weighted by Gasteiger charge is -2.17. The van der Waals surface area contributed by atoms with Gasteiger partial charge in [0, 0.05) is 0 Å². The number of hydrogen-bond acceptors (Lipinski definition) is 3. The molecule has 19 heavy (non-hydrogen) atoms. The Morgan fingerprint density at radius 2 is 2.21 bits per heavy atom. The van der Waals surface area contributed by atoms with E-state index in [0.717, 1.165) is 25.1 Å². The van der Waals surface area contributed by atoms with Gasteiger partial charge in [-0.15, -0.1) is 0 Å². The molecule has 0 aliphatic carbocycles. The van der Waals surface area contributed by atoms with Crippen molar-refractivity contribution in [2.45, 2.75) is 38.8 Å². The molecule has 2 atom stereocenters. The minimum Gasteiger partial charge on any atom is -0.491 e. The summed E-state index contributed by atoms with van der Waals surface area (Å²) in [6, 6.07) is 7.91. The molecule has 1 saturated heterocycles. The highest BCUT2D eigenvalue weighted by molar-refractivity contribution is 5.82. The molecule has 4 nitrogen and oxygen atoms in total. The highest BCUT2D eigenvalue weighted by atomic mass is 16.5. The number of nitrogens with one attached hydrogen (secondary N) is 2. The summed E-state index contributed by atoms with van der Waals surface area (Å²) < 4.78 is 5.65. The molecule has 0 radical (unpaired) electrons. The Labute approximate surface area is 114 Å². The van der Waals surface area contributed by atoms with Gasteiger partial charge in [-0.05, 0) is 45.4 Å². The van der Waals surface area contributed by atoms with E-state index in [9.17, 15) is 4.79 Å². The maximum Gasteiger partial charge on any atom is 0.237 e. The molecule has 4 heteroatoms. The van der Waals surface area contributed by atoms with Gasteiger partial charge in [0.2, 0.25) is 5.91 Å². The van der Waals surface area contributed by atoms with E-state index < -0.39 is 0 Å². The second-order valence-electron chi connectivity index (χ2n) is 5.18. The van der Waals surface area contributed by atoms with E-state index in [2.05, 4.69) is 10.6 Å². The highest BCUT2D eigenvalue weighted by Gasteiger charge is 2.22. The topological polar surface area (TPSA) is 50.4 Å². The van der Waals surface area contributed by atoms with Crippen molar-refractivity contribution in [2.24, 2.45) is 0 Å². The molecule has 0 aromatic heterocycles. The van der Waals surface area contributed by atoms with Crippen molar-refractivity contribution in [1.29, 1.82) is 0 Å². The molecule has 2 N–H and O–H groups in total. The van der Waals surface area contributed by atoms with Gasteiger partial charge in [-0.1, -0.05) is 17.7 Å². The molecule has 1 aliphatic rings. The summed E-state index contributed by atoms with van der Waals surface area (Å²) in [6.07, 6.45) is 2.00. The summed E-state index contributed by atoms with van der Waals surface area (Å²) >= 11 is 0. The number of ether oxygens (including phenoxy) is 1. The SMILES string of the molecule is Cc1ccc(OCC(C)NC(=O)[C@H]2CCCN2)cc1. The number of carbonyl (C=O) groups is 1. The zero-order chi connectivity index (χ0) is 13.7. The van der Waals surface area contributed by atoms with E-state index in [-0.39, 0.29) is 18.0 Å². The fraction of sp³-hybridized carbons (Fsp3) is 0.533. The largest absolute Gasteiger partial charge is 0.491 e. The molecular weight excluding hydrogens is 240 g/mol. The first-order valence-electron chi connectivity index (χ1n) is 6.88. The van der Waals surface area contributed by atoms with Crippen LogP contribution in [0, 0.1) is 6.92 Å². The summed E-state index contributed by atoms with van der Waals surface area (Å²) in [5.41, 5.74) is 1.21. The minimum absolute atomic E-state index is 0.0104. The van der Waals surface area contributed by atoms with Gasteiger partial charge in [0.05, 0.1) is 12.1 Å². The molecule has 2 rings (SSSR count). The van der Waals surface area contributed by atoms with Crippen LogP contribution >= 0.6 is 0 Å². The van der Waals surface area contributed by atoms with Crippen LogP contribution < -0.4 is 15.4 Å². The molecule has 1 aromatic carbocycles. The number of hydrogen-bond donors (Lipinski definition) is 2. The van der Waals surface area contributed by atoms with Crippen LogP contribution in [-0.2, 0) is 4.79 Å². The fourth-order valence-corrected chi connectivity index (χ4v) is 2.15. The number of rotatable bonds is 5. The van der Waals surface area contributed by atoms with Gasteiger partial charge >= 0.3 is 0 Å². The Kier molecular flexibility index (Phi) is 4.80. The quantitative estimate of drug-likeness (QED) is 0.848. The van der Waals surface area contributed by atoms with Gasteiger partial charge in [0.15, 0.2) is 0 Å². The van der Waals surface area contributed by atoms with Crippen molar-refractivity contribution in [2.75, 3.05) is 13.2 Å². The number of benzene rings is 1. The van der Waals surface area contributed by atoms with E-state index in [4.69, 9.17) is 4.74 Å². The third-order valence-electron chi connectivity index (χ3n) is 3.29.